The third-order valence-corrected chi connectivity index (χ3v) is 4.63. The summed E-state index contributed by atoms with van der Waals surface area (Å²) in [6.07, 6.45) is 3.51. The predicted octanol–water partition coefficient (Wildman–Crippen LogP) is 3.32. The number of nitrogens with zero attached hydrogens (tertiary/aromatic N) is 3. The molecule has 1 amide bonds. The van der Waals surface area contributed by atoms with Gasteiger partial charge in [0, 0.05) is 29.0 Å². The highest BCUT2D eigenvalue weighted by molar-refractivity contribution is 7.19. The highest BCUT2D eigenvalue weighted by Gasteiger charge is 2.19. The minimum Gasteiger partial charge on any atom is -0.339 e. The fourth-order valence-electron chi connectivity index (χ4n) is 2.37. The lowest BCUT2D eigenvalue weighted by Gasteiger charge is -2.21. The molecule has 4 nitrogen and oxygen atoms in total. The Kier molecular flexibility index (Phi) is 3.75. The van der Waals surface area contributed by atoms with Gasteiger partial charge < -0.3 is 4.90 Å². The molecule has 0 bridgehead atoms. The third-order valence-electron chi connectivity index (χ3n) is 3.52. The molecular weight excluding hydrogens is 282 g/mol. The smallest absolute Gasteiger partial charge is 0.247 e. The molecule has 5 heteroatoms. The van der Waals surface area contributed by atoms with Gasteiger partial charge in [-0.25, -0.2) is 0 Å². The average molecular weight is 299 g/mol. The molecule has 0 saturated carbocycles. The lowest BCUT2D eigenvalue weighted by molar-refractivity contribution is -0.133. The Morgan fingerprint density at radius 1 is 1.38 bits per heavy atom. The minimum absolute atomic E-state index is 0.0659. The van der Waals surface area contributed by atoms with Crippen molar-refractivity contribution in [2.24, 2.45) is 0 Å². The van der Waals surface area contributed by atoms with Gasteiger partial charge in [0.05, 0.1) is 6.54 Å². The zero-order chi connectivity index (χ0) is 14.8. The normalized spacial score (nSPS) is 12.5. The number of carbonyl (C=O) groups excluding carboxylic acids is 1. The Morgan fingerprint density at radius 3 is 2.90 bits per heavy atom. The maximum Gasteiger partial charge on any atom is 0.247 e. The number of fused-ring (bicyclic) bond motifs is 1. The summed E-state index contributed by atoms with van der Waals surface area (Å²) >= 11 is 1.74. The van der Waals surface area contributed by atoms with Crippen LogP contribution in [-0.4, -0.2) is 27.6 Å². The molecule has 3 aromatic rings. The molecule has 2 aromatic heterocycles. The Hall–Kier alpha value is -2.14. The molecule has 0 aliphatic heterocycles. The van der Waals surface area contributed by atoms with E-state index in [1.807, 2.05) is 38.4 Å². The summed E-state index contributed by atoms with van der Waals surface area (Å²) in [6.45, 7) is 2.50. The van der Waals surface area contributed by atoms with Crippen LogP contribution in [0.3, 0.4) is 0 Å². The van der Waals surface area contributed by atoms with Crippen LogP contribution in [0, 0.1) is 0 Å². The van der Waals surface area contributed by atoms with E-state index >= 15 is 0 Å². The number of hydrogen-bond donors (Lipinski definition) is 0. The van der Waals surface area contributed by atoms with Gasteiger partial charge >= 0.3 is 0 Å². The molecule has 2 heterocycles. The van der Waals surface area contributed by atoms with E-state index in [0.29, 0.717) is 6.54 Å². The highest BCUT2D eigenvalue weighted by Crippen LogP contribution is 2.26. The number of hydrogen-bond acceptors (Lipinski definition) is 3. The summed E-state index contributed by atoms with van der Waals surface area (Å²) in [5.41, 5.74) is 0. The second-order valence-corrected chi connectivity index (χ2v) is 6.28. The summed E-state index contributed by atoms with van der Waals surface area (Å²) < 4.78 is 2.94. The highest BCUT2D eigenvalue weighted by atomic mass is 32.1. The van der Waals surface area contributed by atoms with Gasteiger partial charge in [-0.15, -0.1) is 11.3 Å². The summed E-state index contributed by atoms with van der Waals surface area (Å²) in [5.74, 6) is 0.0659. The van der Waals surface area contributed by atoms with Crippen molar-refractivity contribution in [1.82, 2.24) is 14.7 Å². The second-order valence-electron chi connectivity index (χ2n) is 5.11. The van der Waals surface area contributed by atoms with E-state index in [2.05, 4.69) is 23.3 Å². The molecule has 108 valence electrons. The van der Waals surface area contributed by atoms with Crippen molar-refractivity contribution in [3.8, 4) is 0 Å². The van der Waals surface area contributed by atoms with Crippen LogP contribution >= 0.6 is 11.3 Å². The molecule has 1 atom stereocenters. The van der Waals surface area contributed by atoms with E-state index < -0.39 is 0 Å². The van der Waals surface area contributed by atoms with Crippen LogP contribution in [0.4, 0.5) is 0 Å². The monoisotopic (exact) mass is 299 g/mol. The number of amides is 1. The Balaban J connectivity index is 1.73. The third kappa shape index (κ3) is 2.83. The molecule has 0 saturated heterocycles. The van der Waals surface area contributed by atoms with Crippen LogP contribution in [0.1, 0.15) is 17.8 Å². The molecule has 0 aliphatic carbocycles. The minimum atomic E-state index is -0.278. The molecule has 0 N–H and O–H groups in total. The van der Waals surface area contributed by atoms with Crippen molar-refractivity contribution in [2.75, 3.05) is 7.05 Å². The Bertz CT molecular complexity index is 715. The van der Waals surface area contributed by atoms with Crippen LogP contribution in [0.15, 0.2) is 48.8 Å². The van der Waals surface area contributed by atoms with Gasteiger partial charge in [0.25, 0.3) is 0 Å². The van der Waals surface area contributed by atoms with E-state index in [1.54, 1.807) is 27.1 Å². The van der Waals surface area contributed by atoms with Crippen molar-refractivity contribution < 1.29 is 4.79 Å². The first-order valence-corrected chi connectivity index (χ1v) is 7.68. The van der Waals surface area contributed by atoms with Gasteiger partial charge in [-0.3, -0.25) is 9.48 Å². The Morgan fingerprint density at radius 2 is 2.19 bits per heavy atom. The molecule has 1 aromatic carbocycles. The first-order valence-electron chi connectivity index (χ1n) is 6.86. The molecule has 0 radical (unpaired) electrons. The summed E-state index contributed by atoms with van der Waals surface area (Å²) in [5, 5.41) is 5.37. The molecular formula is C16H17N3OS. The van der Waals surface area contributed by atoms with Gasteiger partial charge in [0.1, 0.15) is 6.04 Å². The van der Waals surface area contributed by atoms with Crippen molar-refractivity contribution in [3.05, 3.63) is 53.7 Å². The zero-order valence-corrected chi connectivity index (χ0v) is 12.9. The number of rotatable bonds is 4. The Labute approximate surface area is 127 Å². The van der Waals surface area contributed by atoms with Gasteiger partial charge in [-0.1, -0.05) is 18.2 Å². The van der Waals surface area contributed by atoms with E-state index in [-0.39, 0.29) is 11.9 Å². The van der Waals surface area contributed by atoms with Gasteiger partial charge in [0.2, 0.25) is 5.91 Å². The number of thiophene rings is 1. The number of carbonyl (C=O) groups is 1. The zero-order valence-electron chi connectivity index (χ0n) is 12.1. The lowest BCUT2D eigenvalue weighted by Crippen LogP contribution is -2.32. The van der Waals surface area contributed by atoms with Crippen LogP contribution < -0.4 is 0 Å². The van der Waals surface area contributed by atoms with E-state index in [9.17, 15) is 4.79 Å². The number of likely N-dealkylation sites (N-methyl/N-ethyl adjacent to an activating group) is 1. The van der Waals surface area contributed by atoms with Gasteiger partial charge in [0.15, 0.2) is 0 Å². The van der Waals surface area contributed by atoms with E-state index in [1.165, 1.54) is 15.0 Å². The molecule has 0 fully saturated rings. The predicted molar refractivity (Wildman–Crippen MR) is 85.2 cm³/mol. The van der Waals surface area contributed by atoms with Crippen molar-refractivity contribution in [2.45, 2.75) is 19.5 Å². The van der Waals surface area contributed by atoms with E-state index in [0.717, 1.165) is 0 Å². The lowest BCUT2D eigenvalue weighted by atomic mass is 10.2. The quantitative estimate of drug-likeness (QED) is 0.741. The fraction of sp³-hybridized carbons (Fsp3) is 0.250. The number of benzene rings is 1. The SMILES string of the molecule is CC(C(=O)N(C)Cc1cc2ccccc2s1)n1cccn1. The maximum atomic E-state index is 12.4. The molecule has 21 heavy (non-hydrogen) atoms. The van der Waals surface area contributed by atoms with Crippen LogP contribution in [0.5, 0.6) is 0 Å². The molecule has 0 aliphatic rings. The molecule has 1 unspecified atom stereocenters. The standard InChI is InChI=1S/C16H17N3OS/c1-12(19-9-5-8-17-19)16(20)18(2)11-14-10-13-6-3-4-7-15(13)21-14/h3-10,12H,11H2,1-2H3. The van der Waals surface area contributed by atoms with Crippen molar-refractivity contribution >= 4 is 27.3 Å². The fourth-order valence-corrected chi connectivity index (χ4v) is 3.49. The topological polar surface area (TPSA) is 38.1 Å². The second kappa shape index (κ2) is 5.69. The van der Waals surface area contributed by atoms with Crippen LogP contribution in [0.25, 0.3) is 10.1 Å². The van der Waals surface area contributed by atoms with Crippen LogP contribution in [-0.2, 0) is 11.3 Å². The maximum absolute atomic E-state index is 12.4. The van der Waals surface area contributed by atoms with Crippen molar-refractivity contribution in [1.29, 1.82) is 0 Å². The molecule has 0 spiro atoms. The largest absolute Gasteiger partial charge is 0.339 e. The van der Waals surface area contributed by atoms with Crippen LogP contribution in [0.2, 0.25) is 0 Å². The van der Waals surface area contributed by atoms with Crippen molar-refractivity contribution in [3.63, 3.8) is 0 Å². The first-order chi connectivity index (χ1) is 10.1. The van der Waals surface area contributed by atoms with Gasteiger partial charge in [-0.05, 0) is 30.5 Å². The summed E-state index contributed by atoms with van der Waals surface area (Å²) in [7, 11) is 1.84. The average Bonchev–Trinajstić information content (AvgIpc) is 3.14. The molecule has 3 rings (SSSR count). The summed E-state index contributed by atoms with van der Waals surface area (Å²) in [6, 6.07) is 12.0. The summed E-state index contributed by atoms with van der Waals surface area (Å²) in [4.78, 5) is 15.4. The van der Waals surface area contributed by atoms with E-state index in [4.69, 9.17) is 0 Å². The number of aromatic nitrogens is 2. The first kappa shape index (κ1) is 13.8. The van der Waals surface area contributed by atoms with Gasteiger partial charge in [-0.2, -0.15) is 5.10 Å².